The first kappa shape index (κ1) is 17.7. The fourth-order valence-electron chi connectivity index (χ4n) is 1.84. The molecule has 22 heavy (non-hydrogen) atoms. The van der Waals surface area contributed by atoms with Crippen molar-refractivity contribution in [2.24, 2.45) is 0 Å². The van der Waals surface area contributed by atoms with Gasteiger partial charge in [-0.3, -0.25) is 4.79 Å². The zero-order valence-electron chi connectivity index (χ0n) is 13.0. The van der Waals surface area contributed by atoms with Crippen LogP contribution in [0.3, 0.4) is 0 Å². The number of methoxy groups -OCH3 is 1. The third-order valence-electron chi connectivity index (χ3n) is 2.64. The van der Waals surface area contributed by atoms with Crippen molar-refractivity contribution in [3.05, 3.63) is 29.6 Å². The van der Waals surface area contributed by atoms with E-state index >= 15 is 0 Å². The summed E-state index contributed by atoms with van der Waals surface area (Å²) in [4.78, 5) is 22.9. The lowest BCUT2D eigenvalue weighted by atomic mass is 10.0. The Bertz CT molecular complexity index is 553. The van der Waals surface area contributed by atoms with Crippen molar-refractivity contribution in [3.8, 4) is 5.75 Å². The van der Waals surface area contributed by atoms with Crippen molar-refractivity contribution in [3.63, 3.8) is 0 Å². The number of carboxylic acid groups (broad SMARTS) is 1. The van der Waals surface area contributed by atoms with Crippen molar-refractivity contribution in [2.75, 3.05) is 7.11 Å². The van der Waals surface area contributed by atoms with Crippen LogP contribution in [0.1, 0.15) is 38.8 Å². The van der Waals surface area contributed by atoms with E-state index in [2.05, 4.69) is 5.32 Å². The topological polar surface area (TPSA) is 84.9 Å². The molecule has 1 rings (SSSR count). The molecular weight excluding hydrogens is 293 g/mol. The van der Waals surface area contributed by atoms with Crippen molar-refractivity contribution in [1.29, 1.82) is 0 Å². The number of ether oxygens (including phenoxy) is 2. The molecule has 1 aromatic rings. The molecule has 0 radical (unpaired) electrons. The summed E-state index contributed by atoms with van der Waals surface area (Å²) >= 11 is 0. The maximum absolute atomic E-state index is 13.4. The number of benzene rings is 1. The SMILES string of the molecule is COc1ccc(F)cc1[C@@H](CC(=O)O)NC(=O)OC(C)(C)C. The van der Waals surface area contributed by atoms with Crippen LogP contribution < -0.4 is 10.1 Å². The van der Waals surface area contributed by atoms with Gasteiger partial charge in [-0.05, 0) is 39.0 Å². The Kier molecular flexibility index (Phi) is 5.73. The normalized spacial score (nSPS) is 12.4. The monoisotopic (exact) mass is 313 g/mol. The van der Waals surface area contributed by atoms with Crippen LogP contribution in [0, 0.1) is 5.82 Å². The lowest BCUT2D eigenvalue weighted by Crippen LogP contribution is -2.36. The Morgan fingerprint density at radius 1 is 1.36 bits per heavy atom. The van der Waals surface area contributed by atoms with Crippen LogP contribution in [0.15, 0.2) is 18.2 Å². The van der Waals surface area contributed by atoms with E-state index in [9.17, 15) is 14.0 Å². The molecule has 0 aliphatic heterocycles. The summed E-state index contributed by atoms with van der Waals surface area (Å²) in [6.45, 7) is 5.05. The molecule has 7 heteroatoms. The number of amides is 1. The van der Waals surface area contributed by atoms with Crippen LogP contribution >= 0.6 is 0 Å². The summed E-state index contributed by atoms with van der Waals surface area (Å²) in [7, 11) is 1.38. The summed E-state index contributed by atoms with van der Waals surface area (Å²) in [5, 5.41) is 11.4. The number of halogens is 1. The van der Waals surface area contributed by atoms with E-state index in [1.807, 2.05) is 0 Å². The third kappa shape index (κ3) is 5.59. The van der Waals surface area contributed by atoms with Gasteiger partial charge >= 0.3 is 12.1 Å². The van der Waals surface area contributed by atoms with Gasteiger partial charge in [-0.15, -0.1) is 0 Å². The molecule has 1 atom stereocenters. The zero-order valence-corrected chi connectivity index (χ0v) is 13.0. The smallest absolute Gasteiger partial charge is 0.408 e. The molecule has 0 aromatic heterocycles. The molecular formula is C15H20FNO5. The van der Waals surface area contributed by atoms with E-state index < -0.39 is 35.9 Å². The number of alkyl carbamates (subject to hydrolysis) is 1. The van der Waals surface area contributed by atoms with Crippen molar-refractivity contribution >= 4 is 12.1 Å². The predicted octanol–water partition coefficient (Wildman–Crippen LogP) is 2.87. The highest BCUT2D eigenvalue weighted by molar-refractivity contribution is 5.72. The van der Waals surface area contributed by atoms with Crippen LogP contribution in [0.2, 0.25) is 0 Å². The van der Waals surface area contributed by atoms with E-state index in [4.69, 9.17) is 14.6 Å². The molecule has 1 aromatic carbocycles. The van der Waals surface area contributed by atoms with Gasteiger partial charge in [-0.25, -0.2) is 9.18 Å². The average molecular weight is 313 g/mol. The minimum atomic E-state index is -1.15. The van der Waals surface area contributed by atoms with Gasteiger partial charge in [0.2, 0.25) is 0 Å². The van der Waals surface area contributed by atoms with E-state index in [1.165, 1.54) is 19.2 Å². The van der Waals surface area contributed by atoms with Gasteiger partial charge in [0, 0.05) is 5.56 Å². The second-order valence-electron chi connectivity index (χ2n) is 5.68. The number of carbonyl (C=O) groups excluding carboxylic acids is 1. The highest BCUT2D eigenvalue weighted by Crippen LogP contribution is 2.28. The highest BCUT2D eigenvalue weighted by atomic mass is 19.1. The zero-order chi connectivity index (χ0) is 16.9. The largest absolute Gasteiger partial charge is 0.496 e. The lowest BCUT2D eigenvalue weighted by molar-refractivity contribution is -0.137. The molecule has 0 aliphatic carbocycles. The quantitative estimate of drug-likeness (QED) is 0.873. The lowest BCUT2D eigenvalue weighted by Gasteiger charge is -2.24. The Balaban J connectivity index is 3.05. The van der Waals surface area contributed by atoms with Gasteiger partial charge in [0.05, 0.1) is 19.6 Å². The number of carboxylic acids is 1. The van der Waals surface area contributed by atoms with Crippen LogP contribution in [0.5, 0.6) is 5.75 Å². The molecule has 0 unspecified atom stereocenters. The fourth-order valence-corrected chi connectivity index (χ4v) is 1.84. The summed E-state index contributed by atoms with van der Waals surface area (Å²) in [5.74, 6) is -1.42. The molecule has 122 valence electrons. The molecule has 0 bridgehead atoms. The van der Waals surface area contributed by atoms with Gasteiger partial charge in [0.15, 0.2) is 0 Å². The first-order valence-electron chi connectivity index (χ1n) is 6.67. The van der Waals surface area contributed by atoms with E-state index in [0.29, 0.717) is 0 Å². The second-order valence-corrected chi connectivity index (χ2v) is 5.68. The van der Waals surface area contributed by atoms with E-state index in [-0.39, 0.29) is 11.3 Å². The Hall–Kier alpha value is -2.31. The molecule has 0 heterocycles. The molecule has 0 spiro atoms. The number of nitrogens with one attached hydrogen (secondary N) is 1. The molecule has 0 fully saturated rings. The van der Waals surface area contributed by atoms with Crippen LogP contribution in [0.4, 0.5) is 9.18 Å². The van der Waals surface area contributed by atoms with E-state index in [0.717, 1.165) is 6.07 Å². The molecule has 0 aliphatic rings. The summed E-state index contributed by atoms with van der Waals surface area (Å²) in [6.07, 6.45) is -1.22. The van der Waals surface area contributed by atoms with Crippen LogP contribution in [-0.2, 0) is 9.53 Å². The van der Waals surface area contributed by atoms with Gasteiger partial charge in [-0.2, -0.15) is 0 Å². The first-order valence-corrected chi connectivity index (χ1v) is 6.67. The number of hydrogen-bond donors (Lipinski definition) is 2. The van der Waals surface area contributed by atoms with Crippen LogP contribution in [-0.4, -0.2) is 29.9 Å². The third-order valence-corrected chi connectivity index (χ3v) is 2.64. The first-order chi connectivity index (χ1) is 10.1. The summed E-state index contributed by atoms with van der Waals surface area (Å²) in [5.41, 5.74) is -0.500. The summed E-state index contributed by atoms with van der Waals surface area (Å²) < 4.78 is 23.6. The Morgan fingerprint density at radius 3 is 2.50 bits per heavy atom. The molecule has 6 nitrogen and oxygen atoms in total. The number of aliphatic carboxylic acids is 1. The van der Waals surface area contributed by atoms with Gasteiger partial charge in [0.1, 0.15) is 17.2 Å². The molecule has 1 amide bonds. The highest BCUT2D eigenvalue weighted by Gasteiger charge is 2.25. The maximum atomic E-state index is 13.4. The van der Waals surface area contributed by atoms with Gasteiger partial charge in [-0.1, -0.05) is 0 Å². The van der Waals surface area contributed by atoms with E-state index in [1.54, 1.807) is 20.8 Å². The van der Waals surface area contributed by atoms with Gasteiger partial charge < -0.3 is 19.9 Å². The molecule has 0 saturated carbocycles. The Labute approximate surface area is 128 Å². The molecule has 0 saturated heterocycles. The van der Waals surface area contributed by atoms with Gasteiger partial charge in [0.25, 0.3) is 0 Å². The predicted molar refractivity (Wildman–Crippen MR) is 77.3 cm³/mol. The Morgan fingerprint density at radius 2 is 2.00 bits per heavy atom. The van der Waals surface area contributed by atoms with Crippen molar-refractivity contribution in [2.45, 2.75) is 38.8 Å². The number of rotatable bonds is 5. The number of carbonyl (C=O) groups is 2. The minimum Gasteiger partial charge on any atom is -0.496 e. The standard InChI is InChI=1S/C15H20FNO5/c1-15(2,3)22-14(20)17-11(8-13(18)19)10-7-9(16)5-6-12(10)21-4/h5-7,11H,8H2,1-4H3,(H,17,20)(H,18,19)/t11-/m1/s1. The fraction of sp³-hybridized carbons (Fsp3) is 0.467. The maximum Gasteiger partial charge on any atom is 0.408 e. The average Bonchev–Trinajstić information content (AvgIpc) is 2.35. The molecule has 2 N–H and O–H groups in total. The van der Waals surface area contributed by atoms with Crippen molar-refractivity contribution in [1.82, 2.24) is 5.32 Å². The second kappa shape index (κ2) is 7.11. The minimum absolute atomic E-state index is 0.232. The van der Waals surface area contributed by atoms with Crippen molar-refractivity contribution < 1.29 is 28.6 Å². The number of hydrogen-bond acceptors (Lipinski definition) is 4. The van der Waals surface area contributed by atoms with Crippen LogP contribution in [0.25, 0.3) is 0 Å². The summed E-state index contributed by atoms with van der Waals surface area (Å²) in [6, 6.07) is 2.71.